The fraction of sp³-hybridized carbons (Fsp3) is 0.300. The van der Waals surface area contributed by atoms with Crippen LogP contribution in [0.3, 0.4) is 0 Å². The van der Waals surface area contributed by atoms with Gasteiger partial charge in [-0.2, -0.15) is 0 Å². The Morgan fingerprint density at radius 3 is 2.50 bits per heavy atom. The molecule has 0 radical (unpaired) electrons. The zero-order chi connectivity index (χ0) is 26.3. The molecular weight excluding hydrogens is 499 g/mol. The smallest absolute Gasteiger partial charge is 0.251 e. The predicted molar refractivity (Wildman–Crippen MR) is 151 cm³/mol. The highest BCUT2D eigenvalue weighted by molar-refractivity contribution is 8.14. The van der Waals surface area contributed by atoms with Crippen molar-refractivity contribution in [3.05, 3.63) is 89.7 Å². The van der Waals surface area contributed by atoms with Crippen LogP contribution in [-0.4, -0.2) is 47.9 Å². The minimum absolute atomic E-state index is 0.0950. The monoisotopic (exact) mass is 530 g/mol. The van der Waals surface area contributed by atoms with E-state index < -0.39 is 0 Å². The van der Waals surface area contributed by atoms with Gasteiger partial charge in [0.15, 0.2) is 0 Å². The average molecular weight is 531 g/mol. The van der Waals surface area contributed by atoms with Gasteiger partial charge in [0, 0.05) is 22.6 Å². The molecule has 8 heteroatoms. The normalized spacial score (nSPS) is 16.9. The molecule has 2 aliphatic rings. The molecule has 196 valence electrons. The number of thioether (sulfide) groups is 1. The minimum atomic E-state index is -0.334. The van der Waals surface area contributed by atoms with E-state index in [1.54, 1.807) is 47.4 Å². The molecule has 0 aliphatic carbocycles. The van der Waals surface area contributed by atoms with E-state index in [2.05, 4.69) is 10.2 Å². The van der Waals surface area contributed by atoms with Crippen molar-refractivity contribution in [2.45, 2.75) is 37.1 Å². The number of carbonyl (C=O) groups is 2. The molecule has 1 saturated heterocycles. The number of hydrogen-bond donors (Lipinski definition) is 1. The Hall–Kier alpha value is -3.49. The first-order valence-electron chi connectivity index (χ1n) is 13.1. The van der Waals surface area contributed by atoms with E-state index in [4.69, 9.17) is 4.99 Å². The maximum atomic E-state index is 14.4. The molecule has 3 aromatic rings. The number of anilines is 1. The van der Waals surface area contributed by atoms with Crippen molar-refractivity contribution in [3.8, 4) is 0 Å². The summed E-state index contributed by atoms with van der Waals surface area (Å²) in [5.41, 5.74) is 2.46. The van der Waals surface area contributed by atoms with Crippen LogP contribution in [0.2, 0.25) is 0 Å². The van der Waals surface area contributed by atoms with Gasteiger partial charge in [-0.1, -0.05) is 42.1 Å². The van der Waals surface area contributed by atoms with Gasteiger partial charge < -0.3 is 15.1 Å². The Bertz CT molecular complexity index is 1320. The van der Waals surface area contributed by atoms with Crippen LogP contribution >= 0.6 is 11.8 Å². The molecule has 6 nitrogen and oxygen atoms in total. The molecule has 5 rings (SSSR count). The van der Waals surface area contributed by atoms with Crippen LogP contribution in [0.1, 0.15) is 41.6 Å². The minimum Gasteiger partial charge on any atom is -0.352 e. The Balaban J connectivity index is 1.25. The van der Waals surface area contributed by atoms with Crippen molar-refractivity contribution < 1.29 is 14.0 Å². The maximum absolute atomic E-state index is 14.4. The van der Waals surface area contributed by atoms with E-state index in [-0.39, 0.29) is 30.6 Å². The molecule has 2 amide bonds. The lowest BCUT2D eigenvalue weighted by Gasteiger charge is -2.22. The lowest BCUT2D eigenvalue weighted by molar-refractivity contribution is -0.117. The number of amides is 2. The molecule has 1 N–H and O–H groups in total. The van der Waals surface area contributed by atoms with Crippen LogP contribution < -0.4 is 10.2 Å². The van der Waals surface area contributed by atoms with E-state index in [0.717, 1.165) is 36.6 Å². The molecule has 1 fully saturated rings. The fourth-order valence-electron chi connectivity index (χ4n) is 4.77. The van der Waals surface area contributed by atoms with Crippen molar-refractivity contribution in [1.29, 1.82) is 0 Å². The lowest BCUT2D eigenvalue weighted by Crippen LogP contribution is -2.30. The number of rotatable bonds is 8. The molecule has 2 heterocycles. The van der Waals surface area contributed by atoms with E-state index in [0.29, 0.717) is 28.4 Å². The molecule has 0 unspecified atom stereocenters. The second-order valence-electron chi connectivity index (χ2n) is 9.53. The first-order chi connectivity index (χ1) is 18.6. The summed E-state index contributed by atoms with van der Waals surface area (Å²) in [7, 11) is 0. The first kappa shape index (κ1) is 26.1. The highest BCUT2D eigenvalue weighted by Gasteiger charge is 2.26. The molecule has 2 aliphatic heterocycles. The predicted octanol–water partition coefficient (Wildman–Crippen LogP) is 5.80. The number of likely N-dealkylation sites (tertiary alicyclic amines) is 1. The fourth-order valence-corrected chi connectivity index (χ4v) is 5.80. The van der Waals surface area contributed by atoms with Gasteiger partial charge in [0.05, 0.1) is 29.4 Å². The SMILES string of the molecule is O=C(NCCCN1CCCC1)c1ccc(N=C2CC(=O)N(Cc3ccccc3F)c3ccccc3S2)cc1. The Labute approximate surface area is 226 Å². The quantitative estimate of drug-likeness (QED) is 0.374. The van der Waals surface area contributed by atoms with Gasteiger partial charge in [0.25, 0.3) is 5.91 Å². The van der Waals surface area contributed by atoms with Gasteiger partial charge in [-0.15, -0.1) is 0 Å². The van der Waals surface area contributed by atoms with E-state index >= 15 is 0 Å². The number of carbonyl (C=O) groups excluding carboxylic acids is 2. The lowest BCUT2D eigenvalue weighted by atomic mass is 10.1. The number of nitrogens with zero attached hydrogens (tertiary/aromatic N) is 3. The Kier molecular flexibility index (Phi) is 8.51. The third-order valence-electron chi connectivity index (χ3n) is 6.79. The van der Waals surface area contributed by atoms with E-state index in [1.165, 1.54) is 30.7 Å². The number of para-hydroxylation sites is 1. The maximum Gasteiger partial charge on any atom is 0.251 e. The number of hydrogen-bond acceptors (Lipinski definition) is 5. The summed E-state index contributed by atoms with van der Waals surface area (Å²) < 4.78 is 14.4. The molecule has 3 aromatic carbocycles. The third kappa shape index (κ3) is 6.49. The second-order valence-corrected chi connectivity index (χ2v) is 10.6. The molecule has 0 saturated carbocycles. The van der Waals surface area contributed by atoms with Gasteiger partial charge in [-0.3, -0.25) is 9.59 Å². The number of aliphatic imine (C=N–C) groups is 1. The van der Waals surface area contributed by atoms with Gasteiger partial charge in [0.2, 0.25) is 5.91 Å². The standard InChI is InChI=1S/C30H31FN4O2S/c31-25-9-2-1-8-23(25)21-35-26-10-3-4-11-27(26)38-28(20-29(35)36)33-24-14-12-22(13-15-24)30(37)32-16-7-19-34-17-5-6-18-34/h1-4,8-15H,5-7,16-21H2,(H,32,37). The number of halogens is 1. The topological polar surface area (TPSA) is 65.0 Å². The summed E-state index contributed by atoms with van der Waals surface area (Å²) in [6, 6.07) is 21.2. The number of fused-ring (bicyclic) bond motifs is 1. The summed E-state index contributed by atoms with van der Waals surface area (Å²) >= 11 is 1.44. The van der Waals surface area contributed by atoms with Crippen molar-refractivity contribution in [1.82, 2.24) is 10.2 Å². The number of benzene rings is 3. The molecule has 0 spiro atoms. The van der Waals surface area contributed by atoms with Crippen molar-refractivity contribution in [2.24, 2.45) is 4.99 Å². The van der Waals surface area contributed by atoms with Gasteiger partial charge in [0.1, 0.15) is 5.82 Å². The third-order valence-corrected chi connectivity index (χ3v) is 7.83. The highest BCUT2D eigenvalue weighted by Crippen LogP contribution is 2.37. The zero-order valence-electron chi connectivity index (χ0n) is 21.2. The second kappa shape index (κ2) is 12.4. The summed E-state index contributed by atoms with van der Waals surface area (Å²) in [5, 5.41) is 3.65. The molecule has 38 heavy (non-hydrogen) atoms. The molecule has 0 bridgehead atoms. The largest absolute Gasteiger partial charge is 0.352 e. The highest BCUT2D eigenvalue weighted by atomic mass is 32.2. The van der Waals surface area contributed by atoms with Crippen molar-refractivity contribution in [3.63, 3.8) is 0 Å². The first-order valence-corrected chi connectivity index (χ1v) is 13.9. The van der Waals surface area contributed by atoms with Crippen LogP contribution in [0, 0.1) is 5.82 Å². The summed E-state index contributed by atoms with van der Waals surface area (Å²) in [6.45, 7) is 4.15. The average Bonchev–Trinajstić information content (AvgIpc) is 3.41. The van der Waals surface area contributed by atoms with E-state index in [9.17, 15) is 14.0 Å². The van der Waals surface area contributed by atoms with Crippen molar-refractivity contribution >= 4 is 40.0 Å². The van der Waals surface area contributed by atoms with Gasteiger partial charge in [-0.05, 0) is 81.4 Å². The van der Waals surface area contributed by atoms with Crippen LogP contribution in [0.4, 0.5) is 15.8 Å². The Morgan fingerprint density at radius 1 is 0.974 bits per heavy atom. The molecule has 0 aromatic heterocycles. The van der Waals surface area contributed by atoms with E-state index in [1.807, 2.05) is 24.3 Å². The van der Waals surface area contributed by atoms with Gasteiger partial charge in [-0.25, -0.2) is 9.38 Å². The summed E-state index contributed by atoms with van der Waals surface area (Å²) in [6.07, 6.45) is 3.59. The Morgan fingerprint density at radius 2 is 1.71 bits per heavy atom. The molecular formula is C30H31FN4O2S. The van der Waals surface area contributed by atoms with Crippen LogP contribution in [0.25, 0.3) is 0 Å². The summed E-state index contributed by atoms with van der Waals surface area (Å²) in [4.78, 5) is 35.5. The van der Waals surface area contributed by atoms with Gasteiger partial charge >= 0.3 is 0 Å². The summed E-state index contributed by atoms with van der Waals surface area (Å²) in [5.74, 6) is -0.573. The van der Waals surface area contributed by atoms with Crippen LogP contribution in [-0.2, 0) is 11.3 Å². The molecule has 0 atom stereocenters. The zero-order valence-corrected chi connectivity index (χ0v) is 22.1. The van der Waals surface area contributed by atoms with Crippen molar-refractivity contribution in [2.75, 3.05) is 31.1 Å². The van der Waals surface area contributed by atoms with Crippen LogP contribution in [0.15, 0.2) is 82.7 Å². The number of nitrogens with one attached hydrogen (secondary N) is 1. The van der Waals surface area contributed by atoms with Crippen LogP contribution in [0.5, 0.6) is 0 Å².